The Balaban J connectivity index is 1.78. The zero-order chi connectivity index (χ0) is 8.89. The summed E-state index contributed by atoms with van der Waals surface area (Å²) in [6.45, 7) is 4.37. The molecule has 1 saturated carbocycles. The van der Waals surface area contributed by atoms with E-state index < -0.39 is 0 Å². The van der Waals surface area contributed by atoms with E-state index in [2.05, 4.69) is 14.9 Å². The Bertz CT molecular complexity index is 336. The first-order valence-corrected chi connectivity index (χ1v) is 4.82. The van der Waals surface area contributed by atoms with Crippen molar-refractivity contribution in [3.05, 3.63) is 18.0 Å². The maximum Gasteiger partial charge on any atom is 0.225 e. The molecule has 3 heteroatoms. The monoisotopic (exact) mass is 175 g/mol. The molecule has 3 nitrogen and oxygen atoms in total. The van der Waals surface area contributed by atoms with E-state index in [4.69, 9.17) is 0 Å². The molecule has 2 heterocycles. The van der Waals surface area contributed by atoms with Crippen LogP contribution in [0.15, 0.2) is 12.3 Å². The van der Waals surface area contributed by atoms with Crippen LogP contribution in [0.25, 0.3) is 0 Å². The van der Waals surface area contributed by atoms with E-state index in [0.717, 1.165) is 11.6 Å². The zero-order valence-corrected chi connectivity index (χ0v) is 7.82. The average molecular weight is 175 g/mol. The van der Waals surface area contributed by atoms with Crippen LogP contribution in [0.4, 0.5) is 5.95 Å². The van der Waals surface area contributed by atoms with Crippen molar-refractivity contribution in [2.45, 2.75) is 19.8 Å². The predicted molar refractivity (Wildman–Crippen MR) is 50.6 cm³/mol. The van der Waals surface area contributed by atoms with Gasteiger partial charge in [-0.15, -0.1) is 0 Å². The number of aryl methyl sites for hydroxylation is 1. The van der Waals surface area contributed by atoms with Crippen LogP contribution in [0.2, 0.25) is 0 Å². The van der Waals surface area contributed by atoms with E-state index in [0.29, 0.717) is 5.41 Å². The van der Waals surface area contributed by atoms with Crippen molar-refractivity contribution >= 4 is 5.95 Å². The molecule has 0 aromatic carbocycles. The molecule has 2 aliphatic rings. The van der Waals surface area contributed by atoms with Crippen LogP contribution in [0, 0.1) is 12.3 Å². The van der Waals surface area contributed by atoms with Crippen LogP contribution in [0.5, 0.6) is 0 Å². The van der Waals surface area contributed by atoms with Gasteiger partial charge in [-0.25, -0.2) is 9.97 Å². The Morgan fingerprint density at radius 3 is 2.77 bits per heavy atom. The third-order valence-electron chi connectivity index (χ3n) is 3.07. The fourth-order valence-corrected chi connectivity index (χ4v) is 1.99. The largest absolute Gasteiger partial charge is 0.340 e. The van der Waals surface area contributed by atoms with Crippen molar-refractivity contribution in [1.29, 1.82) is 0 Å². The Kier molecular flexibility index (Phi) is 1.25. The molecule has 2 fully saturated rings. The summed E-state index contributed by atoms with van der Waals surface area (Å²) in [6, 6.07) is 1.94. The molecule has 1 spiro atoms. The molecule has 68 valence electrons. The van der Waals surface area contributed by atoms with Gasteiger partial charge in [0.2, 0.25) is 5.95 Å². The molecule has 0 N–H and O–H groups in total. The lowest BCUT2D eigenvalue weighted by molar-refractivity contribution is 0.380. The molecule has 0 bridgehead atoms. The molecule has 0 atom stereocenters. The molecule has 1 aliphatic carbocycles. The van der Waals surface area contributed by atoms with Crippen LogP contribution in [-0.4, -0.2) is 23.1 Å². The van der Waals surface area contributed by atoms with E-state index in [1.807, 2.05) is 19.2 Å². The van der Waals surface area contributed by atoms with Gasteiger partial charge < -0.3 is 4.90 Å². The highest BCUT2D eigenvalue weighted by Crippen LogP contribution is 2.53. The minimum absolute atomic E-state index is 0.688. The van der Waals surface area contributed by atoms with Crippen LogP contribution in [0.1, 0.15) is 18.5 Å². The highest BCUT2D eigenvalue weighted by atomic mass is 15.3. The van der Waals surface area contributed by atoms with Gasteiger partial charge in [0.05, 0.1) is 0 Å². The fourth-order valence-electron chi connectivity index (χ4n) is 1.99. The van der Waals surface area contributed by atoms with Gasteiger partial charge in [-0.1, -0.05) is 0 Å². The molecule has 0 unspecified atom stereocenters. The highest BCUT2D eigenvalue weighted by Gasteiger charge is 2.52. The number of anilines is 1. The summed E-state index contributed by atoms with van der Waals surface area (Å²) in [5.41, 5.74) is 1.74. The molecule has 1 aromatic heterocycles. The molecule has 3 rings (SSSR count). The topological polar surface area (TPSA) is 29.0 Å². The molecular weight excluding hydrogens is 162 g/mol. The van der Waals surface area contributed by atoms with Gasteiger partial charge in [0.25, 0.3) is 0 Å². The molecule has 0 amide bonds. The van der Waals surface area contributed by atoms with Crippen molar-refractivity contribution in [2.75, 3.05) is 18.0 Å². The number of nitrogens with zero attached hydrogens (tertiary/aromatic N) is 3. The Morgan fingerprint density at radius 1 is 1.38 bits per heavy atom. The van der Waals surface area contributed by atoms with E-state index in [-0.39, 0.29) is 0 Å². The molecular formula is C10H13N3. The van der Waals surface area contributed by atoms with Crippen LogP contribution < -0.4 is 4.90 Å². The summed E-state index contributed by atoms with van der Waals surface area (Å²) >= 11 is 0. The fraction of sp³-hybridized carbons (Fsp3) is 0.600. The van der Waals surface area contributed by atoms with Gasteiger partial charge in [0.1, 0.15) is 0 Å². The quantitative estimate of drug-likeness (QED) is 0.645. The second-order valence-corrected chi connectivity index (χ2v) is 4.35. The van der Waals surface area contributed by atoms with E-state index in [1.54, 1.807) is 0 Å². The average Bonchev–Trinajstić information content (AvgIpc) is 2.80. The number of hydrogen-bond donors (Lipinski definition) is 0. The first kappa shape index (κ1) is 7.30. The summed E-state index contributed by atoms with van der Waals surface area (Å²) in [5.74, 6) is 0.914. The normalized spacial score (nSPS) is 23.0. The number of aromatic nitrogens is 2. The predicted octanol–water partition coefficient (Wildman–Crippen LogP) is 1.39. The first-order chi connectivity index (χ1) is 6.27. The van der Waals surface area contributed by atoms with Gasteiger partial charge in [0.15, 0.2) is 0 Å². The zero-order valence-electron chi connectivity index (χ0n) is 7.82. The summed E-state index contributed by atoms with van der Waals surface area (Å²) in [6.07, 6.45) is 4.67. The minimum Gasteiger partial charge on any atom is -0.340 e. The maximum atomic E-state index is 4.40. The van der Waals surface area contributed by atoms with Gasteiger partial charge in [-0.2, -0.15) is 0 Å². The van der Waals surface area contributed by atoms with Gasteiger partial charge >= 0.3 is 0 Å². The summed E-state index contributed by atoms with van der Waals surface area (Å²) in [5, 5.41) is 0. The van der Waals surface area contributed by atoms with Crippen LogP contribution in [0.3, 0.4) is 0 Å². The van der Waals surface area contributed by atoms with Crippen molar-refractivity contribution < 1.29 is 0 Å². The lowest BCUT2D eigenvalue weighted by atomic mass is 9.98. The van der Waals surface area contributed by atoms with Crippen molar-refractivity contribution in [3.8, 4) is 0 Å². The van der Waals surface area contributed by atoms with Crippen molar-refractivity contribution in [2.24, 2.45) is 5.41 Å². The Hall–Kier alpha value is -1.12. The Morgan fingerprint density at radius 2 is 2.15 bits per heavy atom. The molecule has 1 aromatic rings. The lowest BCUT2D eigenvalue weighted by Crippen LogP contribution is -2.49. The second kappa shape index (κ2) is 2.22. The van der Waals surface area contributed by atoms with Gasteiger partial charge in [-0.05, 0) is 25.8 Å². The third-order valence-corrected chi connectivity index (χ3v) is 3.07. The van der Waals surface area contributed by atoms with E-state index in [9.17, 15) is 0 Å². The molecule has 1 saturated heterocycles. The van der Waals surface area contributed by atoms with Crippen LogP contribution >= 0.6 is 0 Å². The summed E-state index contributed by atoms with van der Waals surface area (Å²) in [4.78, 5) is 11.0. The smallest absolute Gasteiger partial charge is 0.225 e. The van der Waals surface area contributed by atoms with Crippen molar-refractivity contribution in [1.82, 2.24) is 9.97 Å². The lowest BCUT2D eigenvalue weighted by Gasteiger charge is -2.39. The molecule has 0 radical (unpaired) electrons. The molecule has 13 heavy (non-hydrogen) atoms. The summed E-state index contributed by atoms with van der Waals surface area (Å²) < 4.78 is 0. The van der Waals surface area contributed by atoms with E-state index in [1.165, 1.54) is 25.9 Å². The second-order valence-electron chi connectivity index (χ2n) is 4.35. The van der Waals surface area contributed by atoms with E-state index >= 15 is 0 Å². The maximum absolute atomic E-state index is 4.40. The highest BCUT2D eigenvalue weighted by molar-refractivity contribution is 5.38. The number of hydrogen-bond acceptors (Lipinski definition) is 3. The third kappa shape index (κ3) is 1.10. The number of rotatable bonds is 1. The van der Waals surface area contributed by atoms with Crippen molar-refractivity contribution in [3.63, 3.8) is 0 Å². The van der Waals surface area contributed by atoms with Gasteiger partial charge in [0, 0.05) is 30.4 Å². The summed E-state index contributed by atoms with van der Waals surface area (Å²) in [7, 11) is 0. The molecule has 1 aliphatic heterocycles. The van der Waals surface area contributed by atoms with Gasteiger partial charge in [-0.3, -0.25) is 0 Å². The SMILES string of the molecule is Cc1ccnc(N2CC3(CC3)C2)n1. The minimum atomic E-state index is 0.688. The standard InChI is InChI=1S/C10H13N3/c1-8-2-5-11-9(12-8)13-6-10(7-13)3-4-10/h2,5H,3-4,6-7H2,1H3. The van der Waals surface area contributed by atoms with Crippen LogP contribution in [-0.2, 0) is 0 Å². The Labute approximate surface area is 77.8 Å². The first-order valence-electron chi connectivity index (χ1n) is 4.82.